The molecular formula is C12H19N3. The lowest BCUT2D eigenvalue weighted by Crippen LogP contribution is -2.20. The van der Waals surface area contributed by atoms with Gasteiger partial charge >= 0.3 is 0 Å². The molecule has 1 saturated heterocycles. The molecule has 1 aliphatic heterocycles. The van der Waals surface area contributed by atoms with Crippen molar-refractivity contribution in [2.45, 2.75) is 26.3 Å². The van der Waals surface area contributed by atoms with Gasteiger partial charge in [0.25, 0.3) is 0 Å². The SMILES string of the molecule is CC1CCN(c2cc([C@@H](C)N)ccn2)C1. The van der Waals surface area contributed by atoms with Crippen molar-refractivity contribution >= 4 is 5.82 Å². The van der Waals surface area contributed by atoms with Crippen LogP contribution < -0.4 is 10.6 Å². The monoisotopic (exact) mass is 205 g/mol. The number of hydrogen-bond acceptors (Lipinski definition) is 3. The maximum atomic E-state index is 5.86. The third kappa shape index (κ3) is 2.29. The molecule has 2 atom stereocenters. The van der Waals surface area contributed by atoms with E-state index in [1.807, 2.05) is 19.2 Å². The molecule has 3 nitrogen and oxygen atoms in total. The second kappa shape index (κ2) is 4.19. The van der Waals surface area contributed by atoms with Crippen molar-refractivity contribution in [2.24, 2.45) is 11.7 Å². The summed E-state index contributed by atoms with van der Waals surface area (Å²) in [6.07, 6.45) is 3.13. The van der Waals surface area contributed by atoms with E-state index in [0.717, 1.165) is 24.8 Å². The Morgan fingerprint density at radius 3 is 3.00 bits per heavy atom. The average Bonchev–Trinajstić information content (AvgIpc) is 2.65. The van der Waals surface area contributed by atoms with Gasteiger partial charge in [0.2, 0.25) is 0 Å². The minimum Gasteiger partial charge on any atom is -0.356 e. The zero-order chi connectivity index (χ0) is 10.8. The second-order valence-corrected chi connectivity index (χ2v) is 4.58. The molecule has 1 fully saturated rings. The Morgan fingerprint density at radius 2 is 2.40 bits per heavy atom. The smallest absolute Gasteiger partial charge is 0.128 e. The first-order chi connectivity index (χ1) is 7.16. The van der Waals surface area contributed by atoms with Crippen molar-refractivity contribution in [3.8, 4) is 0 Å². The van der Waals surface area contributed by atoms with E-state index in [0.29, 0.717) is 0 Å². The molecule has 1 unspecified atom stereocenters. The maximum absolute atomic E-state index is 5.86. The number of anilines is 1. The van der Waals surface area contributed by atoms with Gasteiger partial charge in [-0.1, -0.05) is 6.92 Å². The normalized spacial score (nSPS) is 23.1. The summed E-state index contributed by atoms with van der Waals surface area (Å²) in [7, 11) is 0. The number of aromatic nitrogens is 1. The highest BCUT2D eigenvalue weighted by atomic mass is 15.2. The van der Waals surface area contributed by atoms with E-state index in [4.69, 9.17) is 5.73 Å². The highest BCUT2D eigenvalue weighted by Gasteiger charge is 2.19. The van der Waals surface area contributed by atoms with Gasteiger partial charge in [-0.3, -0.25) is 0 Å². The Hall–Kier alpha value is -1.09. The van der Waals surface area contributed by atoms with Gasteiger partial charge in [-0.05, 0) is 37.0 Å². The molecule has 0 radical (unpaired) electrons. The van der Waals surface area contributed by atoms with Crippen molar-refractivity contribution < 1.29 is 0 Å². The fourth-order valence-electron chi connectivity index (χ4n) is 2.03. The zero-order valence-electron chi connectivity index (χ0n) is 9.48. The highest BCUT2D eigenvalue weighted by molar-refractivity contribution is 5.42. The minimum absolute atomic E-state index is 0.0896. The average molecular weight is 205 g/mol. The number of rotatable bonds is 2. The molecular weight excluding hydrogens is 186 g/mol. The van der Waals surface area contributed by atoms with Crippen molar-refractivity contribution in [3.63, 3.8) is 0 Å². The molecule has 3 heteroatoms. The molecule has 1 aliphatic rings. The molecule has 2 rings (SSSR count). The van der Waals surface area contributed by atoms with Crippen molar-refractivity contribution in [1.82, 2.24) is 4.98 Å². The van der Waals surface area contributed by atoms with E-state index in [2.05, 4.69) is 22.9 Å². The molecule has 0 bridgehead atoms. The molecule has 15 heavy (non-hydrogen) atoms. The summed E-state index contributed by atoms with van der Waals surface area (Å²) < 4.78 is 0. The van der Waals surface area contributed by atoms with E-state index in [1.165, 1.54) is 12.0 Å². The van der Waals surface area contributed by atoms with Crippen molar-refractivity contribution in [2.75, 3.05) is 18.0 Å². The van der Waals surface area contributed by atoms with Crippen LogP contribution in [0.1, 0.15) is 31.9 Å². The maximum Gasteiger partial charge on any atom is 0.128 e. The molecule has 0 aromatic carbocycles. The van der Waals surface area contributed by atoms with Gasteiger partial charge in [0, 0.05) is 25.3 Å². The largest absolute Gasteiger partial charge is 0.356 e. The number of pyridine rings is 1. The highest BCUT2D eigenvalue weighted by Crippen LogP contribution is 2.23. The molecule has 1 aromatic rings. The lowest BCUT2D eigenvalue weighted by Gasteiger charge is -2.18. The fraction of sp³-hybridized carbons (Fsp3) is 0.583. The van der Waals surface area contributed by atoms with Gasteiger partial charge in [0.15, 0.2) is 0 Å². The van der Waals surface area contributed by atoms with Crippen LogP contribution in [-0.4, -0.2) is 18.1 Å². The summed E-state index contributed by atoms with van der Waals surface area (Å²) in [5.41, 5.74) is 7.03. The van der Waals surface area contributed by atoms with Crippen LogP contribution in [0.2, 0.25) is 0 Å². The standard InChI is InChI=1S/C12H19N3/c1-9-4-6-15(8-9)12-7-11(10(2)13)3-5-14-12/h3,5,7,9-10H,4,6,8,13H2,1-2H3/t9?,10-/m1/s1. The second-order valence-electron chi connectivity index (χ2n) is 4.58. The van der Waals surface area contributed by atoms with Crippen LogP contribution in [0.25, 0.3) is 0 Å². The van der Waals surface area contributed by atoms with E-state index >= 15 is 0 Å². The van der Waals surface area contributed by atoms with E-state index in [1.54, 1.807) is 0 Å². The summed E-state index contributed by atoms with van der Waals surface area (Å²) in [6, 6.07) is 4.20. The molecule has 0 amide bonds. The third-order valence-corrected chi connectivity index (χ3v) is 3.04. The van der Waals surface area contributed by atoms with Crippen LogP contribution in [-0.2, 0) is 0 Å². The number of nitrogens with two attached hydrogens (primary N) is 1. The molecule has 1 aromatic heterocycles. The topological polar surface area (TPSA) is 42.1 Å². The van der Waals surface area contributed by atoms with Gasteiger partial charge in [-0.25, -0.2) is 4.98 Å². The summed E-state index contributed by atoms with van der Waals surface area (Å²) in [4.78, 5) is 6.75. The lowest BCUT2D eigenvalue weighted by atomic mass is 10.1. The van der Waals surface area contributed by atoms with Gasteiger partial charge in [-0.2, -0.15) is 0 Å². The molecule has 0 spiro atoms. The van der Waals surface area contributed by atoms with Crippen molar-refractivity contribution in [1.29, 1.82) is 0 Å². The van der Waals surface area contributed by atoms with Crippen LogP contribution in [0.4, 0.5) is 5.82 Å². The molecule has 2 heterocycles. The predicted octanol–water partition coefficient (Wildman–Crippen LogP) is 1.95. The molecule has 2 N–H and O–H groups in total. The van der Waals surface area contributed by atoms with E-state index < -0.39 is 0 Å². The van der Waals surface area contributed by atoms with Gasteiger partial charge in [0.05, 0.1) is 0 Å². The minimum atomic E-state index is 0.0896. The van der Waals surface area contributed by atoms with Crippen LogP contribution in [0.5, 0.6) is 0 Å². The molecule has 0 aliphatic carbocycles. The van der Waals surface area contributed by atoms with Crippen LogP contribution >= 0.6 is 0 Å². The number of nitrogens with zero attached hydrogens (tertiary/aromatic N) is 2. The van der Waals surface area contributed by atoms with Gasteiger partial charge in [0.1, 0.15) is 5.82 Å². The first-order valence-electron chi connectivity index (χ1n) is 5.63. The summed E-state index contributed by atoms with van der Waals surface area (Å²) >= 11 is 0. The van der Waals surface area contributed by atoms with Gasteiger partial charge < -0.3 is 10.6 Å². The molecule has 82 valence electrons. The predicted molar refractivity (Wildman–Crippen MR) is 62.8 cm³/mol. The van der Waals surface area contributed by atoms with Crippen LogP contribution in [0, 0.1) is 5.92 Å². The third-order valence-electron chi connectivity index (χ3n) is 3.04. The summed E-state index contributed by atoms with van der Waals surface area (Å²) in [5, 5.41) is 0. The summed E-state index contributed by atoms with van der Waals surface area (Å²) in [6.45, 7) is 6.53. The Labute approximate surface area is 91.3 Å². The Bertz CT molecular complexity index is 335. The Balaban J connectivity index is 2.18. The first kappa shape index (κ1) is 10.4. The van der Waals surface area contributed by atoms with Gasteiger partial charge in [-0.15, -0.1) is 0 Å². The van der Waals surface area contributed by atoms with Crippen molar-refractivity contribution in [3.05, 3.63) is 23.9 Å². The fourth-order valence-corrected chi connectivity index (χ4v) is 2.03. The van der Waals surface area contributed by atoms with E-state index in [9.17, 15) is 0 Å². The quantitative estimate of drug-likeness (QED) is 0.802. The lowest BCUT2D eigenvalue weighted by molar-refractivity contribution is 0.658. The number of hydrogen-bond donors (Lipinski definition) is 1. The summed E-state index contributed by atoms with van der Waals surface area (Å²) in [5.74, 6) is 1.86. The zero-order valence-corrected chi connectivity index (χ0v) is 9.48. The molecule has 0 saturated carbocycles. The van der Waals surface area contributed by atoms with Crippen LogP contribution in [0.3, 0.4) is 0 Å². The first-order valence-corrected chi connectivity index (χ1v) is 5.63. The van der Waals surface area contributed by atoms with E-state index in [-0.39, 0.29) is 6.04 Å². The van der Waals surface area contributed by atoms with Crippen LogP contribution in [0.15, 0.2) is 18.3 Å². The Kier molecular flexibility index (Phi) is 2.91. The Morgan fingerprint density at radius 1 is 1.60 bits per heavy atom.